The maximum Gasteiger partial charge on any atom is 0.237 e. The van der Waals surface area contributed by atoms with Gasteiger partial charge in [0.2, 0.25) is 5.91 Å². The number of nitrogens with one attached hydrogen (secondary N) is 1. The van der Waals surface area contributed by atoms with E-state index in [9.17, 15) is 4.79 Å². The minimum absolute atomic E-state index is 0.00286. The fourth-order valence-corrected chi connectivity index (χ4v) is 2.94. The molecular weight excluding hydrogens is 408 g/mol. The molecule has 2 aromatic rings. The van der Waals surface area contributed by atoms with Gasteiger partial charge in [0.25, 0.3) is 0 Å². The van der Waals surface area contributed by atoms with Crippen LogP contribution in [-0.2, 0) is 17.8 Å². The minimum Gasteiger partial charge on any atom is -0.493 e. The van der Waals surface area contributed by atoms with Gasteiger partial charge in [-0.2, -0.15) is 0 Å². The highest BCUT2D eigenvalue weighted by Crippen LogP contribution is 2.27. The maximum atomic E-state index is 12.5. The van der Waals surface area contributed by atoms with Crippen molar-refractivity contribution >= 4 is 21.8 Å². The Bertz CT molecular complexity index is 750. The molecule has 2 aromatic carbocycles. The van der Waals surface area contributed by atoms with Gasteiger partial charge in [-0.25, -0.2) is 0 Å². The predicted molar refractivity (Wildman–Crippen MR) is 111 cm³/mol. The Balaban J connectivity index is 1.84. The van der Waals surface area contributed by atoms with Gasteiger partial charge in [-0.1, -0.05) is 34.1 Å². The summed E-state index contributed by atoms with van der Waals surface area (Å²) < 4.78 is 11.6. The van der Waals surface area contributed by atoms with Crippen LogP contribution in [0.3, 0.4) is 0 Å². The second-order valence-corrected chi connectivity index (χ2v) is 7.36. The molecular formula is C21H27BrN2O3. The molecule has 0 saturated carbocycles. The van der Waals surface area contributed by atoms with Gasteiger partial charge < -0.3 is 14.8 Å². The second-order valence-electron chi connectivity index (χ2n) is 6.44. The monoisotopic (exact) mass is 434 g/mol. The van der Waals surface area contributed by atoms with E-state index in [1.165, 1.54) is 5.56 Å². The molecule has 0 fully saturated rings. The largest absolute Gasteiger partial charge is 0.493 e. The molecule has 0 radical (unpaired) electrons. The first kappa shape index (κ1) is 21.3. The van der Waals surface area contributed by atoms with Crippen LogP contribution in [-0.4, -0.2) is 44.7 Å². The van der Waals surface area contributed by atoms with Crippen molar-refractivity contribution in [3.63, 3.8) is 0 Å². The van der Waals surface area contributed by atoms with Crippen molar-refractivity contribution in [1.29, 1.82) is 0 Å². The van der Waals surface area contributed by atoms with Crippen LogP contribution in [0.4, 0.5) is 0 Å². The van der Waals surface area contributed by atoms with Crippen molar-refractivity contribution in [2.24, 2.45) is 0 Å². The Morgan fingerprint density at radius 1 is 1.07 bits per heavy atom. The van der Waals surface area contributed by atoms with E-state index in [1.54, 1.807) is 14.2 Å². The molecule has 0 spiro atoms. The summed E-state index contributed by atoms with van der Waals surface area (Å²) in [5.41, 5.74) is 2.22. The molecule has 146 valence electrons. The third-order valence-electron chi connectivity index (χ3n) is 4.62. The highest BCUT2D eigenvalue weighted by Gasteiger charge is 2.17. The number of rotatable bonds is 9. The zero-order chi connectivity index (χ0) is 19.8. The first-order valence-corrected chi connectivity index (χ1v) is 9.67. The summed E-state index contributed by atoms with van der Waals surface area (Å²) in [5, 5.41) is 2.99. The van der Waals surface area contributed by atoms with E-state index in [-0.39, 0.29) is 11.9 Å². The number of hydrogen-bond donors (Lipinski definition) is 1. The molecule has 0 bridgehead atoms. The van der Waals surface area contributed by atoms with Crippen LogP contribution in [0.5, 0.6) is 11.5 Å². The lowest BCUT2D eigenvalue weighted by molar-refractivity contribution is -0.125. The van der Waals surface area contributed by atoms with E-state index < -0.39 is 0 Å². The van der Waals surface area contributed by atoms with Crippen molar-refractivity contribution in [1.82, 2.24) is 10.2 Å². The predicted octanol–water partition coefficient (Wildman–Crippen LogP) is 3.65. The Morgan fingerprint density at radius 3 is 2.33 bits per heavy atom. The van der Waals surface area contributed by atoms with Crippen LogP contribution in [0.1, 0.15) is 18.1 Å². The van der Waals surface area contributed by atoms with Crippen molar-refractivity contribution in [2.75, 3.05) is 27.8 Å². The smallest absolute Gasteiger partial charge is 0.237 e. The number of nitrogens with zero attached hydrogens (tertiary/aromatic N) is 1. The van der Waals surface area contributed by atoms with Crippen LogP contribution in [0, 0.1) is 0 Å². The first-order valence-electron chi connectivity index (χ1n) is 8.88. The SMILES string of the molecule is COc1ccc(CNC(=O)C(C)N(C)CCc2ccc(Br)cc2)cc1OC. The van der Waals surface area contributed by atoms with Crippen LogP contribution in [0.15, 0.2) is 46.9 Å². The van der Waals surface area contributed by atoms with Gasteiger partial charge in [0, 0.05) is 17.6 Å². The van der Waals surface area contributed by atoms with E-state index in [0.717, 1.165) is 23.0 Å². The average Bonchev–Trinajstić information content (AvgIpc) is 2.70. The molecule has 2 rings (SSSR count). The lowest BCUT2D eigenvalue weighted by atomic mass is 10.1. The van der Waals surface area contributed by atoms with Crippen molar-refractivity contribution < 1.29 is 14.3 Å². The number of carbonyl (C=O) groups is 1. The summed E-state index contributed by atoms with van der Waals surface area (Å²) in [5.74, 6) is 1.33. The topological polar surface area (TPSA) is 50.8 Å². The van der Waals surface area contributed by atoms with Gasteiger partial charge in [0.15, 0.2) is 11.5 Å². The number of ether oxygens (including phenoxy) is 2. The number of hydrogen-bond acceptors (Lipinski definition) is 4. The quantitative estimate of drug-likeness (QED) is 0.654. The maximum absolute atomic E-state index is 12.5. The molecule has 5 nitrogen and oxygen atoms in total. The summed E-state index contributed by atoms with van der Waals surface area (Å²) >= 11 is 3.44. The number of methoxy groups -OCH3 is 2. The molecule has 1 amide bonds. The van der Waals surface area contributed by atoms with E-state index >= 15 is 0 Å². The highest BCUT2D eigenvalue weighted by atomic mass is 79.9. The molecule has 0 aliphatic carbocycles. The zero-order valence-electron chi connectivity index (χ0n) is 16.3. The van der Waals surface area contributed by atoms with E-state index in [2.05, 4.69) is 38.3 Å². The van der Waals surface area contributed by atoms with E-state index in [4.69, 9.17) is 9.47 Å². The van der Waals surface area contributed by atoms with Crippen molar-refractivity contribution in [3.05, 3.63) is 58.1 Å². The van der Waals surface area contributed by atoms with Gasteiger partial charge in [0.1, 0.15) is 0 Å². The summed E-state index contributed by atoms with van der Waals surface area (Å²) in [4.78, 5) is 14.5. The average molecular weight is 435 g/mol. The normalized spacial score (nSPS) is 11.9. The summed E-state index contributed by atoms with van der Waals surface area (Å²) in [6.07, 6.45) is 0.900. The van der Waals surface area contributed by atoms with E-state index in [0.29, 0.717) is 18.0 Å². The number of benzene rings is 2. The zero-order valence-corrected chi connectivity index (χ0v) is 17.9. The number of amides is 1. The van der Waals surface area contributed by atoms with E-state index in [1.807, 2.05) is 44.3 Å². The first-order chi connectivity index (χ1) is 12.9. The number of halogens is 1. The Labute approximate surface area is 169 Å². The molecule has 1 atom stereocenters. The van der Waals surface area contributed by atoms with Gasteiger partial charge in [-0.05, 0) is 55.8 Å². The lowest BCUT2D eigenvalue weighted by Crippen LogP contribution is -2.43. The molecule has 1 N–H and O–H groups in total. The van der Waals surface area contributed by atoms with Crippen molar-refractivity contribution in [3.8, 4) is 11.5 Å². The minimum atomic E-state index is -0.208. The van der Waals surface area contributed by atoms with Crippen molar-refractivity contribution in [2.45, 2.75) is 25.9 Å². The van der Waals surface area contributed by atoms with Gasteiger partial charge in [0.05, 0.1) is 20.3 Å². The number of likely N-dealkylation sites (N-methyl/N-ethyl adjacent to an activating group) is 1. The van der Waals surface area contributed by atoms with Gasteiger partial charge in [-0.3, -0.25) is 9.69 Å². The standard InChI is InChI=1S/C21H27BrN2O3/c1-15(24(2)12-11-16-5-8-18(22)9-6-16)21(25)23-14-17-7-10-19(26-3)20(13-17)27-4/h5-10,13,15H,11-12,14H2,1-4H3,(H,23,25). The molecule has 6 heteroatoms. The Hall–Kier alpha value is -2.05. The van der Waals surface area contributed by atoms with Gasteiger partial charge >= 0.3 is 0 Å². The number of carbonyl (C=O) groups excluding carboxylic acids is 1. The molecule has 1 unspecified atom stereocenters. The molecule has 27 heavy (non-hydrogen) atoms. The third-order valence-corrected chi connectivity index (χ3v) is 5.15. The fourth-order valence-electron chi connectivity index (χ4n) is 2.68. The summed E-state index contributed by atoms with van der Waals surface area (Å²) in [6.45, 7) is 3.18. The summed E-state index contributed by atoms with van der Waals surface area (Å²) in [7, 11) is 5.17. The lowest BCUT2D eigenvalue weighted by Gasteiger charge is -2.24. The molecule has 0 heterocycles. The van der Waals surface area contributed by atoms with Crippen LogP contribution >= 0.6 is 15.9 Å². The second kappa shape index (κ2) is 10.3. The molecule has 0 aromatic heterocycles. The molecule has 0 aliphatic rings. The molecule has 0 aliphatic heterocycles. The fraction of sp³-hybridized carbons (Fsp3) is 0.381. The highest BCUT2D eigenvalue weighted by molar-refractivity contribution is 9.10. The van der Waals surface area contributed by atoms with Crippen LogP contribution < -0.4 is 14.8 Å². The molecule has 0 saturated heterocycles. The van der Waals surface area contributed by atoms with Gasteiger partial charge in [-0.15, -0.1) is 0 Å². The Morgan fingerprint density at radius 2 is 1.70 bits per heavy atom. The van der Waals surface area contributed by atoms with Crippen LogP contribution in [0.25, 0.3) is 0 Å². The third kappa shape index (κ3) is 6.26. The Kier molecular flexibility index (Phi) is 8.13. The summed E-state index contributed by atoms with van der Waals surface area (Å²) in [6, 6.07) is 13.7. The van der Waals surface area contributed by atoms with Crippen LogP contribution in [0.2, 0.25) is 0 Å².